The number of para-hydroxylation sites is 2. The number of hydrogen-bond acceptors (Lipinski definition) is 5. The Balaban J connectivity index is 1.41. The van der Waals surface area contributed by atoms with E-state index in [4.69, 9.17) is 9.47 Å². The zero-order chi connectivity index (χ0) is 17.2. The molecule has 132 valence electrons. The van der Waals surface area contributed by atoms with E-state index in [-0.39, 0.29) is 0 Å². The predicted molar refractivity (Wildman–Crippen MR) is 101 cm³/mol. The number of hydrogen-bond donors (Lipinski definition) is 1. The van der Waals surface area contributed by atoms with Crippen molar-refractivity contribution in [2.75, 3.05) is 44.3 Å². The van der Waals surface area contributed by atoms with Crippen LogP contribution in [0.2, 0.25) is 0 Å². The lowest BCUT2D eigenvalue weighted by Crippen LogP contribution is -2.46. The quantitative estimate of drug-likeness (QED) is 0.850. The molecule has 0 atom stereocenters. The number of nitrogens with zero attached hydrogens (tertiary/aromatic N) is 2. The third kappa shape index (κ3) is 3.55. The first-order chi connectivity index (χ1) is 12.2. The van der Waals surface area contributed by atoms with Crippen LogP contribution in [0.5, 0.6) is 17.2 Å². The van der Waals surface area contributed by atoms with Gasteiger partial charge >= 0.3 is 0 Å². The van der Waals surface area contributed by atoms with Crippen LogP contribution in [0, 0.1) is 0 Å². The first kappa shape index (κ1) is 16.5. The normalized spacial score (nSPS) is 17.6. The molecule has 4 rings (SSSR count). The number of fused-ring (bicyclic) bond motifs is 1. The van der Waals surface area contributed by atoms with Crippen LogP contribution >= 0.6 is 15.9 Å². The van der Waals surface area contributed by atoms with Gasteiger partial charge in [-0.25, -0.2) is 0 Å². The summed E-state index contributed by atoms with van der Waals surface area (Å²) in [5.41, 5.74) is 2.13. The molecule has 0 spiro atoms. The van der Waals surface area contributed by atoms with Gasteiger partial charge in [0.15, 0.2) is 11.5 Å². The number of piperazine rings is 1. The average Bonchev–Trinajstić information content (AvgIpc) is 2.63. The van der Waals surface area contributed by atoms with Crippen LogP contribution in [0.4, 0.5) is 5.69 Å². The van der Waals surface area contributed by atoms with Gasteiger partial charge < -0.3 is 19.5 Å². The molecule has 2 aliphatic rings. The van der Waals surface area contributed by atoms with Crippen LogP contribution in [-0.4, -0.2) is 49.4 Å². The van der Waals surface area contributed by atoms with E-state index in [1.807, 2.05) is 24.3 Å². The molecule has 1 N–H and O–H groups in total. The van der Waals surface area contributed by atoms with Crippen molar-refractivity contribution >= 4 is 21.6 Å². The minimum atomic E-state index is 0.352. The van der Waals surface area contributed by atoms with E-state index in [0.717, 1.165) is 54.4 Å². The lowest BCUT2D eigenvalue weighted by molar-refractivity contribution is 0.170. The summed E-state index contributed by atoms with van der Waals surface area (Å²) in [7, 11) is 0. The molecule has 2 aromatic carbocycles. The number of anilines is 1. The van der Waals surface area contributed by atoms with Gasteiger partial charge in [0.2, 0.25) is 0 Å². The first-order valence-electron chi connectivity index (χ1n) is 8.54. The van der Waals surface area contributed by atoms with Gasteiger partial charge in [-0.3, -0.25) is 4.90 Å². The van der Waals surface area contributed by atoms with Gasteiger partial charge in [-0.1, -0.05) is 28.1 Å². The zero-order valence-corrected chi connectivity index (χ0v) is 15.5. The Bertz CT molecular complexity index is 760. The highest BCUT2D eigenvalue weighted by atomic mass is 79.9. The second-order valence-corrected chi connectivity index (χ2v) is 7.19. The van der Waals surface area contributed by atoms with Crippen molar-refractivity contribution in [3.63, 3.8) is 0 Å². The van der Waals surface area contributed by atoms with Crippen molar-refractivity contribution in [1.82, 2.24) is 4.90 Å². The molecule has 0 aromatic heterocycles. The average molecular weight is 405 g/mol. The van der Waals surface area contributed by atoms with Crippen molar-refractivity contribution in [1.29, 1.82) is 0 Å². The van der Waals surface area contributed by atoms with E-state index in [2.05, 4.69) is 31.8 Å². The van der Waals surface area contributed by atoms with E-state index in [0.29, 0.717) is 19.0 Å². The molecule has 0 bridgehead atoms. The molecular weight excluding hydrogens is 384 g/mol. The maximum Gasteiger partial charge on any atom is 0.162 e. The molecule has 5 nitrogen and oxygen atoms in total. The number of aromatic hydroxyl groups is 1. The Kier molecular flexibility index (Phi) is 4.72. The van der Waals surface area contributed by atoms with Gasteiger partial charge in [0.05, 0.1) is 5.69 Å². The van der Waals surface area contributed by atoms with Crippen LogP contribution in [0.1, 0.15) is 5.56 Å². The third-order valence-electron chi connectivity index (χ3n) is 4.70. The van der Waals surface area contributed by atoms with E-state index in [9.17, 15) is 5.11 Å². The molecule has 0 amide bonds. The SMILES string of the molecule is Oc1ccccc1N1CCN(Cc2cc3c(cc2Br)OCCO3)CC1. The van der Waals surface area contributed by atoms with Crippen molar-refractivity contribution in [2.24, 2.45) is 0 Å². The van der Waals surface area contributed by atoms with Crippen molar-refractivity contribution in [2.45, 2.75) is 6.54 Å². The van der Waals surface area contributed by atoms with Crippen molar-refractivity contribution in [3.8, 4) is 17.2 Å². The first-order valence-corrected chi connectivity index (χ1v) is 9.33. The Morgan fingerprint density at radius 2 is 1.64 bits per heavy atom. The largest absolute Gasteiger partial charge is 0.506 e. The van der Waals surface area contributed by atoms with Gasteiger partial charge in [0.25, 0.3) is 0 Å². The summed E-state index contributed by atoms with van der Waals surface area (Å²) in [5.74, 6) is 1.99. The van der Waals surface area contributed by atoms with E-state index >= 15 is 0 Å². The molecule has 6 heteroatoms. The van der Waals surface area contributed by atoms with E-state index < -0.39 is 0 Å². The fraction of sp³-hybridized carbons (Fsp3) is 0.368. The minimum absolute atomic E-state index is 0.352. The van der Waals surface area contributed by atoms with Gasteiger partial charge in [-0.15, -0.1) is 0 Å². The molecular formula is C19H21BrN2O3. The maximum atomic E-state index is 10.0. The monoisotopic (exact) mass is 404 g/mol. The standard InChI is InChI=1S/C19H21BrN2O3/c20-15-12-19-18(24-9-10-25-19)11-14(15)13-21-5-7-22(8-6-21)16-3-1-2-4-17(16)23/h1-4,11-12,23H,5-10,13H2. The highest BCUT2D eigenvalue weighted by molar-refractivity contribution is 9.10. The van der Waals surface area contributed by atoms with Crippen LogP contribution < -0.4 is 14.4 Å². The topological polar surface area (TPSA) is 45.2 Å². The number of benzene rings is 2. The van der Waals surface area contributed by atoms with Crippen molar-refractivity contribution in [3.05, 3.63) is 46.4 Å². The van der Waals surface area contributed by atoms with Crippen LogP contribution in [0.3, 0.4) is 0 Å². The van der Waals surface area contributed by atoms with E-state index in [1.54, 1.807) is 6.07 Å². The molecule has 0 unspecified atom stereocenters. The smallest absolute Gasteiger partial charge is 0.162 e. The lowest BCUT2D eigenvalue weighted by Gasteiger charge is -2.36. The second kappa shape index (κ2) is 7.14. The Morgan fingerprint density at radius 1 is 0.960 bits per heavy atom. The molecule has 2 heterocycles. The van der Waals surface area contributed by atoms with Crippen LogP contribution in [0.25, 0.3) is 0 Å². The molecule has 2 aromatic rings. The summed E-state index contributed by atoms with van der Waals surface area (Å²) in [5, 5.41) is 10.0. The molecule has 2 aliphatic heterocycles. The highest BCUT2D eigenvalue weighted by Crippen LogP contribution is 2.36. The number of phenolic OH excluding ortho intramolecular Hbond substituents is 1. The summed E-state index contributed by atoms with van der Waals surface area (Å²) >= 11 is 3.65. The summed E-state index contributed by atoms with van der Waals surface area (Å²) < 4.78 is 12.4. The van der Waals surface area contributed by atoms with E-state index in [1.165, 1.54) is 5.56 Å². The van der Waals surface area contributed by atoms with Gasteiger partial charge in [-0.2, -0.15) is 0 Å². The Morgan fingerprint density at radius 3 is 2.36 bits per heavy atom. The predicted octanol–water partition coefficient (Wildman–Crippen LogP) is 3.25. The Hall–Kier alpha value is -1.92. The second-order valence-electron chi connectivity index (χ2n) is 6.34. The molecule has 1 saturated heterocycles. The van der Waals surface area contributed by atoms with Crippen molar-refractivity contribution < 1.29 is 14.6 Å². The summed E-state index contributed by atoms with van der Waals surface area (Å²) in [6.07, 6.45) is 0. The fourth-order valence-electron chi connectivity index (χ4n) is 3.35. The molecule has 1 fully saturated rings. The lowest BCUT2D eigenvalue weighted by atomic mass is 10.1. The number of rotatable bonds is 3. The van der Waals surface area contributed by atoms with Gasteiger partial charge in [-0.05, 0) is 29.8 Å². The number of ether oxygens (including phenoxy) is 2. The minimum Gasteiger partial charge on any atom is -0.506 e. The third-order valence-corrected chi connectivity index (χ3v) is 5.44. The highest BCUT2D eigenvalue weighted by Gasteiger charge is 2.21. The van der Waals surface area contributed by atoms with Gasteiger partial charge in [0, 0.05) is 37.2 Å². The van der Waals surface area contributed by atoms with Crippen LogP contribution in [0.15, 0.2) is 40.9 Å². The molecule has 0 radical (unpaired) electrons. The molecule has 0 saturated carbocycles. The summed E-state index contributed by atoms with van der Waals surface area (Å²) in [6.45, 7) is 5.79. The Labute approximate surface area is 155 Å². The zero-order valence-electron chi connectivity index (χ0n) is 13.9. The maximum absolute atomic E-state index is 10.0. The number of phenols is 1. The molecule has 25 heavy (non-hydrogen) atoms. The molecule has 0 aliphatic carbocycles. The van der Waals surface area contributed by atoms with Crippen LogP contribution in [-0.2, 0) is 6.54 Å². The summed E-state index contributed by atoms with van der Waals surface area (Å²) in [6, 6.07) is 11.6. The number of halogens is 1. The summed E-state index contributed by atoms with van der Waals surface area (Å²) in [4.78, 5) is 4.66. The van der Waals surface area contributed by atoms with Gasteiger partial charge in [0.1, 0.15) is 19.0 Å². The fourth-order valence-corrected chi connectivity index (χ4v) is 3.79.